The van der Waals surface area contributed by atoms with Gasteiger partial charge in [-0.05, 0) is 72.2 Å². The molecule has 5 rings (SSSR count). The topological polar surface area (TPSA) is 66.7 Å². The third-order valence-corrected chi connectivity index (χ3v) is 9.48. The molecule has 0 saturated carbocycles. The van der Waals surface area contributed by atoms with E-state index in [1.165, 1.54) is 16.7 Å². The van der Waals surface area contributed by atoms with Crippen molar-refractivity contribution in [3.8, 4) is 0 Å². The van der Waals surface area contributed by atoms with Gasteiger partial charge >= 0.3 is 0 Å². The molecule has 4 aromatic rings. The summed E-state index contributed by atoms with van der Waals surface area (Å²) in [5.74, 6) is -0.0373. The second-order valence-electron chi connectivity index (χ2n) is 12.7. The number of nitro benzene ring substituents is 1. The quantitative estimate of drug-likeness (QED) is 0.141. The van der Waals surface area contributed by atoms with Crippen molar-refractivity contribution in [2.24, 2.45) is 0 Å². The lowest BCUT2D eigenvalue weighted by Crippen LogP contribution is -2.47. The Morgan fingerprint density at radius 3 is 2.20 bits per heavy atom. The molecular formula is C37H41N3O3S. The number of piperidine rings is 1. The first-order valence-corrected chi connectivity index (χ1v) is 16.1. The van der Waals surface area contributed by atoms with E-state index in [-0.39, 0.29) is 28.0 Å². The molecule has 44 heavy (non-hydrogen) atoms. The molecule has 1 aliphatic heterocycles. The summed E-state index contributed by atoms with van der Waals surface area (Å²) in [4.78, 5) is 32.1. The molecule has 0 spiro atoms. The van der Waals surface area contributed by atoms with Crippen molar-refractivity contribution >= 4 is 23.4 Å². The molecule has 0 aliphatic carbocycles. The minimum absolute atomic E-state index is 0.0159. The van der Waals surface area contributed by atoms with Gasteiger partial charge in [0.15, 0.2) is 0 Å². The molecule has 6 nitrogen and oxygen atoms in total. The first-order valence-electron chi connectivity index (χ1n) is 15.3. The van der Waals surface area contributed by atoms with Crippen LogP contribution in [0.1, 0.15) is 66.2 Å². The monoisotopic (exact) mass is 607 g/mol. The molecule has 0 unspecified atom stereocenters. The Hall–Kier alpha value is -3.94. The van der Waals surface area contributed by atoms with Crippen LogP contribution in [0.2, 0.25) is 0 Å². The largest absolute Gasteiger partial charge is 0.331 e. The normalized spacial score (nSPS) is 14.4. The fraction of sp³-hybridized carbons (Fsp3) is 0.324. The van der Waals surface area contributed by atoms with Crippen LogP contribution < -0.4 is 0 Å². The Morgan fingerprint density at radius 1 is 0.932 bits per heavy atom. The van der Waals surface area contributed by atoms with Crippen molar-refractivity contribution in [1.82, 2.24) is 9.80 Å². The van der Waals surface area contributed by atoms with E-state index >= 15 is 0 Å². The van der Waals surface area contributed by atoms with Gasteiger partial charge in [0.2, 0.25) is 0 Å². The number of likely N-dealkylation sites (tertiary alicyclic amines) is 1. The van der Waals surface area contributed by atoms with E-state index < -0.39 is 0 Å². The first-order chi connectivity index (χ1) is 21.1. The lowest BCUT2D eigenvalue weighted by Gasteiger charge is -2.39. The molecule has 1 fully saturated rings. The number of non-ortho nitro benzene ring substituents is 1. The van der Waals surface area contributed by atoms with Crippen LogP contribution in [0, 0.1) is 17.0 Å². The number of carbonyl (C=O) groups is 1. The number of hydrogen-bond acceptors (Lipinski definition) is 5. The first kappa shape index (κ1) is 31.5. The number of amides is 1. The Kier molecular flexibility index (Phi) is 9.87. The van der Waals surface area contributed by atoms with Crippen molar-refractivity contribution < 1.29 is 9.72 Å². The van der Waals surface area contributed by atoms with Gasteiger partial charge in [-0.25, -0.2) is 0 Å². The fourth-order valence-corrected chi connectivity index (χ4v) is 6.61. The number of rotatable bonds is 9. The smallest absolute Gasteiger partial charge is 0.269 e. The van der Waals surface area contributed by atoms with Crippen LogP contribution in [0.25, 0.3) is 0 Å². The van der Waals surface area contributed by atoms with Crippen LogP contribution in [0.4, 0.5) is 5.69 Å². The molecule has 228 valence electrons. The molecular weight excluding hydrogens is 566 g/mol. The predicted octanol–water partition coefficient (Wildman–Crippen LogP) is 8.66. The van der Waals surface area contributed by atoms with Crippen LogP contribution in [0.15, 0.2) is 107 Å². The van der Waals surface area contributed by atoms with Gasteiger partial charge in [0, 0.05) is 59.7 Å². The highest BCUT2D eigenvalue weighted by Gasteiger charge is 2.30. The van der Waals surface area contributed by atoms with E-state index in [9.17, 15) is 14.9 Å². The number of aryl methyl sites for hydroxylation is 1. The Bertz CT molecular complexity index is 1570. The lowest BCUT2D eigenvalue weighted by molar-refractivity contribution is -0.385. The molecule has 0 radical (unpaired) electrons. The number of nitrogens with zero attached hydrogens (tertiary/aromatic N) is 3. The average molecular weight is 608 g/mol. The fourth-order valence-electron chi connectivity index (χ4n) is 5.70. The standard InChI is InChI=1S/C37H41N3O3S/c1-27-10-17-34(18-11-27)44-35-19-16-33(40(42)43)24-30(35)26-39(36(41)29-12-14-31(15-13-29)37(2,3)4)32-20-22-38(23-21-32)25-28-8-6-5-7-9-28/h5-19,24,32H,20-23,25-26H2,1-4H3. The Labute approximate surface area is 265 Å². The van der Waals surface area contributed by atoms with Crippen molar-refractivity contribution in [2.75, 3.05) is 13.1 Å². The second kappa shape index (κ2) is 13.8. The third-order valence-electron chi connectivity index (χ3n) is 8.35. The van der Waals surface area contributed by atoms with Crippen molar-refractivity contribution in [2.45, 2.75) is 74.9 Å². The minimum Gasteiger partial charge on any atom is -0.331 e. The highest BCUT2D eigenvalue weighted by atomic mass is 32.2. The molecule has 0 atom stereocenters. The summed E-state index contributed by atoms with van der Waals surface area (Å²) < 4.78 is 0. The van der Waals surface area contributed by atoms with Crippen LogP contribution in [-0.4, -0.2) is 39.8 Å². The summed E-state index contributed by atoms with van der Waals surface area (Å²) >= 11 is 1.58. The summed E-state index contributed by atoms with van der Waals surface area (Å²) in [6.07, 6.45) is 1.68. The van der Waals surface area contributed by atoms with Gasteiger partial charge in [-0.2, -0.15) is 0 Å². The van der Waals surface area contributed by atoms with Gasteiger partial charge in [-0.15, -0.1) is 0 Å². The average Bonchev–Trinajstić information content (AvgIpc) is 3.02. The van der Waals surface area contributed by atoms with Crippen molar-refractivity contribution in [3.63, 3.8) is 0 Å². The summed E-state index contributed by atoms with van der Waals surface area (Å²) in [6, 6.07) is 31.7. The Balaban J connectivity index is 1.44. The zero-order valence-corrected chi connectivity index (χ0v) is 26.8. The van der Waals surface area contributed by atoms with Gasteiger partial charge < -0.3 is 4.90 Å². The Morgan fingerprint density at radius 2 is 1.59 bits per heavy atom. The van der Waals surface area contributed by atoms with E-state index in [4.69, 9.17) is 0 Å². The van der Waals surface area contributed by atoms with Crippen molar-refractivity contribution in [1.29, 1.82) is 0 Å². The molecule has 1 heterocycles. The van der Waals surface area contributed by atoms with Gasteiger partial charge in [-0.1, -0.05) is 92.7 Å². The van der Waals surface area contributed by atoms with Crippen LogP contribution in [0.3, 0.4) is 0 Å². The summed E-state index contributed by atoms with van der Waals surface area (Å²) in [7, 11) is 0. The van der Waals surface area contributed by atoms with Crippen LogP contribution >= 0.6 is 11.8 Å². The van der Waals surface area contributed by atoms with E-state index in [0.717, 1.165) is 47.8 Å². The number of nitro groups is 1. The molecule has 1 amide bonds. The van der Waals surface area contributed by atoms with E-state index in [1.807, 2.05) is 41.3 Å². The summed E-state index contributed by atoms with van der Waals surface area (Å²) in [5, 5.41) is 11.8. The highest BCUT2D eigenvalue weighted by Crippen LogP contribution is 2.35. The maximum Gasteiger partial charge on any atom is 0.269 e. The molecule has 7 heteroatoms. The minimum atomic E-state index is -0.358. The SMILES string of the molecule is Cc1ccc(Sc2ccc([N+](=O)[O-])cc2CN(C(=O)c2ccc(C(C)(C)C)cc2)C2CCN(Cc3ccccc3)CC2)cc1. The van der Waals surface area contributed by atoms with Crippen LogP contribution in [0.5, 0.6) is 0 Å². The molecule has 0 N–H and O–H groups in total. The maximum absolute atomic E-state index is 14.3. The van der Waals surface area contributed by atoms with E-state index in [2.05, 4.69) is 81.1 Å². The summed E-state index contributed by atoms with van der Waals surface area (Å²) in [5.41, 5.74) is 5.08. The molecule has 1 saturated heterocycles. The van der Waals surface area contributed by atoms with Gasteiger partial charge in [0.25, 0.3) is 11.6 Å². The molecule has 0 bridgehead atoms. The predicted molar refractivity (Wildman–Crippen MR) is 178 cm³/mol. The van der Waals surface area contributed by atoms with Crippen molar-refractivity contribution in [3.05, 3.63) is 135 Å². The van der Waals surface area contributed by atoms with Crippen LogP contribution in [-0.2, 0) is 18.5 Å². The molecule has 4 aromatic carbocycles. The number of carbonyl (C=O) groups excluding carboxylic acids is 1. The second-order valence-corrected chi connectivity index (χ2v) is 13.8. The lowest BCUT2D eigenvalue weighted by atomic mass is 9.86. The molecule has 0 aromatic heterocycles. The zero-order valence-electron chi connectivity index (χ0n) is 26.0. The maximum atomic E-state index is 14.3. The molecule has 1 aliphatic rings. The van der Waals surface area contributed by atoms with Gasteiger partial charge in [0.1, 0.15) is 0 Å². The number of hydrogen-bond donors (Lipinski definition) is 0. The van der Waals surface area contributed by atoms with Gasteiger partial charge in [0.05, 0.1) is 4.92 Å². The van der Waals surface area contributed by atoms with E-state index in [0.29, 0.717) is 12.1 Å². The van der Waals surface area contributed by atoms with Gasteiger partial charge in [-0.3, -0.25) is 19.8 Å². The third kappa shape index (κ3) is 7.96. The summed E-state index contributed by atoms with van der Waals surface area (Å²) in [6.45, 7) is 11.5. The zero-order chi connectivity index (χ0) is 31.3. The highest BCUT2D eigenvalue weighted by molar-refractivity contribution is 7.99. The number of benzene rings is 4. The van der Waals surface area contributed by atoms with E-state index in [1.54, 1.807) is 23.9 Å².